The maximum Gasteiger partial charge on any atom is 0.146 e. The minimum Gasteiger partial charge on any atom is -0.359 e. The Hall–Kier alpha value is -0.200. The number of hydrogen-bond acceptors (Lipinski definition) is 5. The minimum absolute atomic E-state index is 0.393. The van der Waals surface area contributed by atoms with Gasteiger partial charge in [0.2, 0.25) is 0 Å². The third-order valence-corrected chi connectivity index (χ3v) is 6.66. The van der Waals surface area contributed by atoms with E-state index in [-0.39, 0.29) is 0 Å². The molecule has 0 radical (unpaired) electrons. The molecule has 5 unspecified atom stereocenters. The van der Waals surface area contributed by atoms with Gasteiger partial charge in [-0.1, -0.05) is 12.8 Å². The van der Waals surface area contributed by atoms with Gasteiger partial charge in [-0.15, -0.1) is 0 Å². The molecule has 1 N–H and O–H groups in total. The molecule has 3 rings (SSSR count). The maximum atomic E-state index is 5.81. The van der Waals surface area contributed by atoms with Crippen LogP contribution in [0.25, 0.3) is 0 Å². The molecular weight excluding hydrogens is 306 g/mol. The average molecular weight is 341 g/mol. The maximum absolute atomic E-state index is 5.81. The summed E-state index contributed by atoms with van der Waals surface area (Å²) in [5, 5.41) is 3.89. The Morgan fingerprint density at radius 2 is 1.62 bits per heavy atom. The van der Waals surface area contributed by atoms with Crippen molar-refractivity contribution in [3.05, 3.63) is 0 Å². The first-order chi connectivity index (χ1) is 11.8. The Kier molecular flexibility index (Phi) is 6.93. The summed E-state index contributed by atoms with van der Waals surface area (Å²) in [4.78, 5) is 0. The van der Waals surface area contributed by atoms with Gasteiger partial charge in [-0.25, -0.2) is 0 Å². The Bertz CT molecular complexity index is 344. The zero-order valence-corrected chi connectivity index (χ0v) is 15.4. The summed E-state index contributed by atoms with van der Waals surface area (Å²) < 4.78 is 21.8. The highest BCUT2D eigenvalue weighted by Gasteiger charge is 2.56. The molecule has 140 valence electrons. The van der Waals surface area contributed by atoms with Crippen molar-refractivity contribution in [1.29, 1.82) is 0 Å². The molecule has 5 atom stereocenters. The molecule has 1 spiro atoms. The van der Waals surface area contributed by atoms with Gasteiger partial charge < -0.3 is 24.3 Å². The summed E-state index contributed by atoms with van der Waals surface area (Å²) in [6.07, 6.45) is 9.37. The van der Waals surface area contributed by atoms with Gasteiger partial charge in [0.05, 0.1) is 13.2 Å². The van der Waals surface area contributed by atoms with Gasteiger partial charge in [-0.05, 0) is 61.8 Å². The van der Waals surface area contributed by atoms with E-state index in [0.29, 0.717) is 36.9 Å². The summed E-state index contributed by atoms with van der Waals surface area (Å²) in [7, 11) is 3.39. The number of nitrogens with one attached hydrogen (secondary N) is 1. The van der Waals surface area contributed by atoms with E-state index in [0.717, 1.165) is 25.7 Å². The van der Waals surface area contributed by atoms with E-state index >= 15 is 0 Å². The van der Waals surface area contributed by atoms with E-state index in [4.69, 9.17) is 18.9 Å². The molecule has 1 saturated heterocycles. The Labute approximate surface area is 146 Å². The van der Waals surface area contributed by atoms with Crippen molar-refractivity contribution in [2.24, 2.45) is 23.2 Å². The third-order valence-electron chi connectivity index (χ3n) is 6.66. The summed E-state index contributed by atoms with van der Waals surface area (Å²) in [5.41, 5.74) is 0.455. The number of rotatable bonds is 8. The van der Waals surface area contributed by atoms with Crippen LogP contribution in [0.3, 0.4) is 0 Å². The second-order valence-electron chi connectivity index (χ2n) is 7.93. The first-order valence-electron chi connectivity index (χ1n) is 9.68. The van der Waals surface area contributed by atoms with Gasteiger partial charge in [-0.3, -0.25) is 0 Å². The molecule has 3 fully saturated rings. The van der Waals surface area contributed by atoms with Gasteiger partial charge >= 0.3 is 0 Å². The average Bonchev–Trinajstić information content (AvgIpc) is 2.61. The summed E-state index contributed by atoms with van der Waals surface area (Å²) in [5.74, 6) is 1.98. The highest BCUT2D eigenvalue weighted by Crippen LogP contribution is 2.58. The van der Waals surface area contributed by atoms with Crippen molar-refractivity contribution in [1.82, 2.24) is 5.32 Å². The zero-order valence-electron chi connectivity index (χ0n) is 15.4. The molecule has 5 heteroatoms. The molecule has 0 amide bonds. The summed E-state index contributed by atoms with van der Waals surface area (Å²) in [6.45, 7) is 3.58. The summed E-state index contributed by atoms with van der Waals surface area (Å²) in [6, 6.07) is 0.604. The van der Waals surface area contributed by atoms with E-state index in [1.807, 2.05) is 0 Å². The second kappa shape index (κ2) is 8.95. The lowest BCUT2D eigenvalue weighted by Gasteiger charge is -2.60. The lowest BCUT2D eigenvalue weighted by atomic mass is 9.49. The normalized spacial score (nSPS) is 39.2. The standard InChI is InChI=1S/C19H35NO4/c1-21-13-23-11-15-10-16(12-24-14-22-2)18-19(8-5-9-20-18)7-4-3-6-17(15)19/h15-18,20H,3-14H2,1-2H3. The Morgan fingerprint density at radius 1 is 0.917 bits per heavy atom. The van der Waals surface area contributed by atoms with E-state index in [1.165, 1.54) is 44.9 Å². The molecule has 0 aromatic carbocycles. The van der Waals surface area contributed by atoms with Crippen LogP contribution in [0.1, 0.15) is 44.9 Å². The number of hydrogen-bond donors (Lipinski definition) is 1. The van der Waals surface area contributed by atoms with Crippen molar-refractivity contribution >= 4 is 0 Å². The molecule has 0 aromatic rings. The molecule has 24 heavy (non-hydrogen) atoms. The summed E-state index contributed by atoms with van der Waals surface area (Å²) >= 11 is 0. The van der Waals surface area contributed by atoms with Gasteiger partial charge in [0, 0.05) is 20.3 Å². The van der Waals surface area contributed by atoms with Crippen LogP contribution in [0, 0.1) is 23.2 Å². The topological polar surface area (TPSA) is 49.0 Å². The monoisotopic (exact) mass is 341 g/mol. The van der Waals surface area contributed by atoms with Crippen LogP contribution in [0.2, 0.25) is 0 Å². The quantitative estimate of drug-likeness (QED) is 0.543. The lowest BCUT2D eigenvalue weighted by molar-refractivity contribution is -0.137. The van der Waals surface area contributed by atoms with Crippen molar-refractivity contribution < 1.29 is 18.9 Å². The van der Waals surface area contributed by atoms with E-state index in [9.17, 15) is 0 Å². The van der Waals surface area contributed by atoms with Gasteiger partial charge in [-0.2, -0.15) is 0 Å². The molecule has 3 aliphatic rings. The number of methoxy groups -OCH3 is 2. The van der Waals surface area contributed by atoms with Crippen molar-refractivity contribution in [3.63, 3.8) is 0 Å². The molecule has 5 nitrogen and oxygen atoms in total. The molecule has 0 aromatic heterocycles. The van der Waals surface area contributed by atoms with Crippen LogP contribution in [0.15, 0.2) is 0 Å². The molecule has 0 bridgehead atoms. The van der Waals surface area contributed by atoms with Crippen molar-refractivity contribution in [2.45, 2.75) is 51.0 Å². The van der Waals surface area contributed by atoms with Crippen LogP contribution in [-0.4, -0.2) is 53.6 Å². The predicted octanol–water partition coefficient (Wildman–Crippen LogP) is 2.79. The van der Waals surface area contributed by atoms with Crippen LogP contribution in [-0.2, 0) is 18.9 Å². The van der Waals surface area contributed by atoms with E-state index in [1.54, 1.807) is 14.2 Å². The fraction of sp³-hybridized carbons (Fsp3) is 1.00. The fourth-order valence-electron chi connectivity index (χ4n) is 5.97. The van der Waals surface area contributed by atoms with Gasteiger partial charge in [0.1, 0.15) is 13.6 Å². The Balaban J connectivity index is 1.75. The SMILES string of the molecule is COCOCC1CC(COCOC)C2NCCCC23CCCCC13. The molecule has 1 heterocycles. The molecule has 2 saturated carbocycles. The van der Waals surface area contributed by atoms with Crippen molar-refractivity contribution in [2.75, 3.05) is 47.6 Å². The first-order valence-corrected chi connectivity index (χ1v) is 9.68. The second-order valence-corrected chi connectivity index (χ2v) is 7.93. The Morgan fingerprint density at radius 3 is 2.38 bits per heavy atom. The highest BCUT2D eigenvalue weighted by atomic mass is 16.7. The zero-order chi connectivity index (χ0) is 16.8. The van der Waals surface area contributed by atoms with Crippen molar-refractivity contribution in [3.8, 4) is 0 Å². The predicted molar refractivity (Wildman–Crippen MR) is 92.7 cm³/mol. The third kappa shape index (κ3) is 3.80. The smallest absolute Gasteiger partial charge is 0.146 e. The minimum atomic E-state index is 0.393. The van der Waals surface area contributed by atoms with Crippen LogP contribution < -0.4 is 5.32 Å². The van der Waals surface area contributed by atoms with Gasteiger partial charge in [0.25, 0.3) is 0 Å². The van der Waals surface area contributed by atoms with Crippen LogP contribution in [0.4, 0.5) is 0 Å². The highest BCUT2D eigenvalue weighted by molar-refractivity contribution is 5.08. The first kappa shape index (κ1) is 18.6. The number of ether oxygens (including phenoxy) is 4. The van der Waals surface area contributed by atoms with Crippen LogP contribution >= 0.6 is 0 Å². The molecule has 1 aliphatic heterocycles. The molecular formula is C19H35NO4. The lowest BCUT2D eigenvalue weighted by Crippen LogP contribution is -2.63. The van der Waals surface area contributed by atoms with Crippen LogP contribution in [0.5, 0.6) is 0 Å². The number of piperidine rings is 1. The largest absolute Gasteiger partial charge is 0.359 e. The van der Waals surface area contributed by atoms with Gasteiger partial charge in [0.15, 0.2) is 0 Å². The molecule has 2 aliphatic carbocycles. The van der Waals surface area contributed by atoms with E-state index in [2.05, 4.69) is 5.32 Å². The van der Waals surface area contributed by atoms with E-state index < -0.39 is 0 Å². The fourth-order valence-corrected chi connectivity index (χ4v) is 5.97.